The number of ether oxygens (including phenoxy) is 1. The lowest BCUT2D eigenvalue weighted by atomic mass is 10.0. The molecule has 103 heavy (non-hydrogen) atoms. The summed E-state index contributed by atoms with van der Waals surface area (Å²) in [5, 5.41) is 23.5. The molecule has 4 saturated carbocycles. The average Bonchev–Trinajstić information content (AvgIpc) is 1.57. The molecule has 8 heterocycles. The lowest BCUT2D eigenvalue weighted by Gasteiger charge is -2.30. The van der Waals surface area contributed by atoms with Gasteiger partial charge in [-0.2, -0.15) is 4.98 Å². The van der Waals surface area contributed by atoms with E-state index in [2.05, 4.69) is 59.5 Å². The van der Waals surface area contributed by atoms with Crippen molar-refractivity contribution < 1.29 is 55.4 Å². The van der Waals surface area contributed by atoms with Crippen molar-refractivity contribution in [2.75, 3.05) is 23.7 Å². The molecular weight excluding hydrogens is 1380 g/mol. The molecule has 4 aliphatic carbocycles. The first-order chi connectivity index (χ1) is 49.1. The number of sulfonamides is 2. The summed E-state index contributed by atoms with van der Waals surface area (Å²) >= 11 is 5.99. The van der Waals surface area contributed by atoms with Crippen LogP contribution in [0, 0.1) is 11.8 Å². The Morgan fingerprint density at radius 1 is 0.602 bits per heavy atom. The van der Waals surface area contributed by atoms with Crippen molar-refractivity contribution >= 4 is 101 Å². The number of pyridine rings is 2. The van der Waals surface area contributed by atoms with Crippen molar-refractivity contribution in [3.05, 3.63) is 127 Å². The number of aliphatic hydroxyl groups is 1. The van der Waals surface area contributed by atoms with Crippen LogP contribution in [0.2, 0.25) is 5.28 Å². The van der Waals surface area contributed by atoms with E-state index in [1.54, 1.807) is 43.5 Å². The summed E-state index contributed by atoms with van der Waals surface area (Å²) in [5.41, 5.74) is 2.16. The van der Waals surface area contributed by atoms with Crippen molar-refractivity contribution in [1.82, 2.24) is 58.9 Å². The summed E-state index contributed by atoms with van der Waals surface area (Å²) < 4.78 is 64.9. The van der Waals surface area contributed by atoms with Crippen molar-refractivity contribution in [1.29, 1.82) is 0 Å². The van der Waals surface area contributed by atoms with E-state index in [0.29, 0.717) is 55.9 Å². The first-order valence-electron chi connectivity index (χ1n) is 36.1. The SMILES string of the molecule is CC(C)n1c(Cl)nc2ccncc21.CC(C)n1c(O[C@@H]2C[C@H]3C(=O)N[C@]4(C(=O)NS(=O)(=O)C5(C)CC5)C[C@H]4/C=C\CCCCC[C@H](Nc4ccccc4)C(=O)N3C2)nc2ccncc21.CC1(S(=O)(=O)NC(=O)[C@@]23C[C@H]2/C=C\CCCCC[C@H](Nc2ccccc2)C(=O)N2C[C@H](O)C[C@H]2C(=O)N3)CC1. The van der Waals surface area contributed by atoms with E-state index in [0.717, 1.165) is 84.8 Å². The van der Waals surface area contributed by atoms with E-state index in [-0.39, 0.29) is 68.5 Å². The second-order valence-electron chi connectivity index (χ2n) is 29.9. The lowest BCUT2D eigenvalue weighted by Crippen LogP contribution is -2.58. The molecule has 0 unspecified atom stereocenters. The minimum atomic E-state index is -3.94. The monoisotopic (exact) mass is 1470 g/mol. The number of fused-ring (bicyclic) bond motifs is 6. The van der Waals surface area contributed by atoms with Gasteiger partial charge in [-0.25, -0.2) is 21.8 Å². The van der Waals surface area contributed by atoms with Crippen LogP contribution >= 0.6 is 11.6 Å². The Morgan fingerprint density at radius 3 is 1.51 bits per heavy atom. The Labute approximate surface area is 606 Å². The molecule has 0 radical (unpaired) electrons. The van der Waals surface area contributed by atoms with Gasteiger partial charge in [0.1, 0.15) is 41.3 Å². The summed E-state index contributed by atoms with van der Waals surface area (Å²) in [7, 11) is -7.83. The van der Waals surface area contributed by atoms with Gasteiger partial charge in [0.15, 0.2) is 0 Å². The summed E-state index contributed by atoms with van der Waals surface area (Å²) in [4.78, 5) is 104. The summed E-state index contributed by atoms with van der Waals surface area (Å²) in [6.45, 7) is 11.5. The van der Waals surface area contributed by atoms with E-state index < -0.39 is 101 Å². The van der Waals surface area contributed by atoms with Crippen molar-refractivity contribution in [3.8, 4) is 6.01 Å². The molecule has 0 spiro atoms. The molecule has 2 saturated heterocycles. The van der Waals surface area contributed by atoms with Crippen LogP contribution in [0.4, 0.5) is 11.4 Å². The largest absolute Gasteiger partial charge is 0.459 e. The Kier molecular flexibility index (Phi) is 21.9. The maximum Gasteiger partial charge on any atom is 0.297 e. The Hall–Kier alpha value is -8.47. The van der Waals surface area contributed by atoms with Gasteiger partial charge in [0.2, 0.25) is 49.0 Å². The molecular formula is C74H95ClN14O12S2. The number of hydrogen-bond donors (Lipinski definition) is 7. The van der Waals surface area contributed by atoms with Crippen LogP contribution in [-0.2, 0) is 48.8 Å². The lowest BCUT2D eigenvalue weighted by molar-refractivity contribution is -0.140. The van der Waals surface area contributed by atoms with Gasteiger partial charge in [0, 0.05) is 67.1 Å². The molecule has 6 fully saturated rings. The van der Waals surface area contributed by atoms with E-state index >= 15 is 0 Å². The summed E-state index contributed by atoms with van der Waals surface area (Å²) in [6, 6.07) is 20.1. The van der Waals surface area contributed by atoms with E-state index in [1.165, 1.54) is 4.90 Å². The fourth-order valence-electron chi connectivity index (χ4n) is 14.3. The van der Waals surface area contributed by atoms with Crippen molar-refractivity contribution in [2.45, 2.75) is 226 Å². The maximum absolute atomic E-state index is 14.6. The second-order valence-corrected chi connectivity index (χ2v) is 34.6. The Balaban J connectivity index is 0.000000169. The van der Waals surface area contributed by atoms with Crippen LogP contribution in [0.25, 0.3) is 22.1 Å². The summed E-state index contributed by atoms with van der Waals surface area (Å²) in [5.74, 6) is -3.82. The zero-order valence-corrected chi connectivity index (χ0v) is 61.6. The average molecular weight is 1470 g/mol. The van der Waals surface area contributed by atoms with Gasteiger partial charge in [-0.3, -0.25) is 52.7 Å². The van der Waals surface area contributed by atoms with Gasteiger partial charge in [-0.1, -0.05) is 86.4 Å². The second kappa shape index (κ2) is 30.3. The van der Waals surface area contributed by atoms with Crippen LogP contribution in [0.5, 0.6) is 6.01 Å². The molecule has 6 aromatic rings. The molecule has 0 bridgehead atoms. The van der Waals surface area contributed by atoms with Gasteiger partial charge in [0.05, 0.1) is 56.6 Å². The van der Waals surface area contributed by atoms with Gasteiger partial charge in [-0.05, 0) is 167 Å². The highest BCUT2D eigenvalue weighted by molar-refractivity contribution is 7.92. The minimum absolute atomic E-state index is 0.00199. The smallest absolute Gasteiger partial charge is 0.297 e. The number of aliphatic hydroxyl groups excluding tert-OH is 1. The number of hydrogen-bond acceptors (Lipinski definition) is 18. The van der Waals surface area contributed by atoms with Crippen LogP contribution in [0.3, 0.4) is 0 Å². The molecule has 14 rings (SSSR count). The number of nitrogens with zero attached hydrogens (tertiary/aromatic N) is 8. The highest BCUT2D eigenvalue weighted by atomic mass is 35.5. The maximum atomic E-state index is 14.6. The van der Waals surface area contributed by atoms with Crippen molar-refractivity contribution in [2.24, 2.45) is 11.8 Å². The topological polar surface area (TPSA) is 340 Å². The number of allylic oxidation sites excluding steroid dienone is 2. The van der Waals surface area contributed by atoms with E-state index in [9.17, 15) is 50.7 Å². The van der Waals surface area contributed by atoms with Crippen molar-refractivity contribution in [3.63, 3.8) is 0 Å². The standard InChI is InChI=1S/C37H47N7O6S.C28H38N4O6S.C9H10ClN3/c1-24(2)44-31-22-38-19-16-28(31)40-35(44)50-27-20-30-32(45)41-37(34(47)42-51(48,49)36(3)17-18-36)21-25(37)12-8-5-4-6-11-15-29(33(46)43(30)23-27)39-26-13-9-7-10-14-26;1-27(14-15-27)39(37,38)31-26(36)28-17-19(28)10-6-3-2-4-9-13-22(29-20-11-7-5-8-12-20)25(35)32-18-21(33)16-23(32)24(34)30-28;1-6(2)13-8-5-11-4-3-7(8)12-9(13)10/h7-10,12-14,16,19,22,24-25,27,29-30,39H,4-6,11,15,17-18,20-21,23H2,1-3H3,(H,41,45)(H,42,47);5-8,10-12,19,21-23,29,33H,2-4,9,13-18H2,1H3,(H,30,34)(H,31,36);3-6H,1-2H3/b12-8-;10-6-;/t25-,27-,29+,30+,37-;19-,21-,22+,23+,28-;/m11./s1. The quantitative estimate of drug-likeness (QED) is 0.0501. The number of carbonyl (C=O) groups is 6. The molecule has 8 aliphatic rings. The normalized spacial score (nSPS) is 28.2. The number of anilines is 2. The molecule has 2 aromatic carbocycles. The van der Waals surface area contributed by atoms with Gasteiger partial charge < -0.3 is 45.5 Å². The summed E-state index contributed by atoms with van der Waals surface area (Å²) in [6.07, 6.45) is 23.8. The zero-order valence-electron chi connectivity index (χ0n) is 59.2. The molecule has 7 N–H and O–H groups in total. The Bertz CT molecular complexity index is 4430. The van der Waals surface area contributed by atoms with Crippen LogP contribution in [0.15, 0.2) is 122 Å². The predicted octanol–water partition coefficient (Wildman–Crippen LogP) is 8.72. The number of aromatic nitrogens is 6. The van der Waals surface area contributed by atoms with E-state index in [1.807, 2.05) is 120 Å². The third-order valence-electron chi connectivity index (χ3n) is 21.4. The number of nitrogens with one attached hydrogen (secondary N) is 6. The highest BCUT2D eigenvalue weighted by Crippen LogP contribution is 2.49. The first kappa shape index (κ1) is 74.3. The molecule has 10 atom stereocenters. The van der Waals surface area contributed by atoms with E-state index in [4.69, 9.17) is 21.3 Å². The number of rotatable bonds is 14. The highest BCUT2D eigenvalue weighted by Gasteiger charge is 2.65. The van der Waals surface area contributed by atoms with Crippen LogP contribution in [0.1, 0.15) is 169 Å². The number of amides is 6. The molecule has 4 aliphatic heterocycles. The van der Waals surface area contributed by atoms with Gasteiger partial charge in [0.25, 0.3) is 17.8 Å². The predicted molar refractivity (Wildman–Crippen MR) is 391 cm³/mol. The van der Waals surface area contributed by atoms with Crippen LogP contribution in [-0.4, -0.2) is 166 Å². The third kappa shape index (κ3) is 16.3. The number of imidazole rings is 2. The zero-order chi connectivity index (χ0) is 73.2. The minimum Gasteiger partial charge on any atom is -0.459 e. The fourth-order valence-corrected chi connectivity index (χ4v) is 17.3. The first-order valence-corrected chi connectivity index (χ1v) is 39.5. The number of benzene rings is 2. The van der Waals surface area contributed by atoms with Gasteiger partial charge >= 0.3 is 0 Å². The number of halogens is 1. The number of carbonyl (C=O) groups excluding carboxylic acids is 6. The molecule has 29 heteroatoms. The molecule has 26 nitrogen and oxygen atoms in total. The Morgan fingerprint density at radius 2 is 1.05 bits per heavy atom. The molecule has 6 amide bonds. The fraction of sp³-hybridized carbons (Fsp3) is 0.541. The van der Waals surface area contributed by atoms with Crippen LogP contribution < -0.4 is 35.4 Å². The van der Waals surface area contributed by atoms with Gasteiger partial charge in [-0.15, -0.1) is 0 Å². The molecule has 552 valence electrons. The number of para-hydroxylation sites is 2. The third-order valence-corrected chi connectivity index (χ3v) is 26.0. The molecule has 4 aromatic heterocycles.